The molecule has 2 aliphatic rings. The maximum atomic E-state index is 3.49. The standard InChI is InChI=1S/C12H24N2S/c1-3-13-8-10-4-5-12(10)14(2)11-6-7-15-9-11/h10-13H,3-9H2,1-2H3. The Morgan fingerprint density at radius 2 is 2.20 bits per heavy atom. The summed E-state index contributed by atoms with van der Waals surface area (Å²) in [7, 11) is 2.35. The minimum atomic E-state index is 0.865. The number of hydrogen-bond acceptors (Lipinski definition) is 3. The molecule has 3 heteroatoms. The average Bonchev–Trinajstić information content (AvgIpc) is 2.69. The highest BCUT2D eigenvalue weighted by atomic mass is 32.2. The molecule has 2 rings (SSSR count). The van der Waals surface area contributed by atoms with Gasteiger partial charge in [-0.3, -0.25) is 4.90 Å². The summed E-state index contributed by atoms with van der Waals surface area (Å²) in [5.41, 5.74) is 0. The summed E-state index contributed by atoms with van der Waals surface area (Å²) in [4.78, 5) is 2.67. The molecule has 1 aliphatic carbocycles. The van der Waals surface area contributed by atoms with E-state index >= 15 is 0 Å². The Kier molecular flexibility index (Phi) is 4.35. The molecular weight excluding hydrogens is 204 g/mol. The fourth-order valence-corrected chi connectivity index (χ4v) is 4.05. The molecule has 3 atom stereocenters. The van der Waals surface area contributed by atoms with E-state index in [0.29, 0.717) is 0 Å². The van der Waals surface area contributed by atoms with Crippen molar-refractivity contribution in [3.8, 4) is 0 Å². The van der Waals surface area contributed by atoms with E-state index in [1.165, 1.54) is 37.3 Å². The molecule has 0 aromatic carbocycles. The first-order chi connectivity index (χ1) is 7.33. The van der Waals surface area contributed by atoms with Crippen molar-refractivity contribution in [2.45, 2.75) is 38.3 Å². The van der Waals surface area contributed by atoms with Gasteiger partial charge in [-0.15, -0.1) is 0 Å². The third-order valence-corrected chi connectivity index (χ3v) is 5.18. The summed E-state index contributed by atoms with van der Waals surface area (Å²) in [6.45, 7) is 4.54. The van der Waals surface area contributed by atoms with Crippen molar-refractivity contribution < 1.29 is 0 Å². The molecule has 88 valence electrons. The van der Waals surface area contributed by atoms with Crippen molar-refractivity contribution in [1.82, 2.24) is 10.2 Å². The molecule has 1 saturated heterocycles. The topological polar surface area (TPSA) is 15.3 Å². The highest BCUT2D eigenvalue weighted by molar-refractivity contribution is 7.99. The number of nitrogens with zero attached hydrogens (tertiary/aromatic N) is 1. The van der Waals surface area contributed by atoms with E-state index in [4.69, 9.17) is 0 Å². The Labute approximate surface area is 98.2 Å². The smallest absolute Gasteiger partial charge is 0.0194 e. The Bertz CT molecular complexity index is 192. The van der Waals surface area contributed by atoms with Gasteiger partial charge in [-0.25, -0.2) is 0 Å². The second kappa shape index (κ2) is 5.55. The van der Waals surface area contributed by atoms with Crippen LogP contribution in [0.25, 0.3) is 0 Å². The van der Waals surface area contributed by atoms with E-state index in [9.17, 15) is 0 Å². The summed E-state index contributed by atoms with van der Waals surface area (Å²) in [6.07, 6.45) is 4.27. The van der Waals surface area contributed by atoms with Crippen molar-refractivity contribution in [3.63, 3.8) is 0 Å². The minimum absolute atomic E-state index is 0.865. The molecule has 1 saturated carbocycles. The molecule has 0 bridgehead atoms. The van der Waals surface area contributed by atoms with Gasteiger partial charge in [0.05, 0.1) is 0 Å². The van der Waals surface area contributed by atoms with E-state index in [1.807, 2.05) is 0 Å². The lowest BCUT2D eigenvalue weighted by molar-refractivity contribution is 0.0579. The lowest BCUT2D eigenvalue weighted by Gasteiger charge is -2.45. The van der Waals surface area contributed by atoms with Crippen LogP contribution in [0.3, 0.4) is 0 Å². The molecule has 0 spiro atoms. The summed E-state index contributed by atoms with van der Waals surface area (Å²) < 4.78 is 0. The fraction of sp³-hybridized carbons (Fsp3) is 1.00. The Morgan fingerprint density at radius 1 is 1.33 bits per heavy atom. The third kappa shape index (κ3) is 2.69. The van der Waals surface area contributed by atoms with Crippen LogP contribution in [-0.4, -0.2) is 48.6 Å². The van der Waals surface area contributed by atoms with Crippen LogP contribution in [0, 0.1) is 5.92 Å². The zero-order chi connectivity index (χ0) is 10.7. The van der Waals surface area contributed by atoms with Crippen molar-refractivity contribution in [3.05, 3.63) is 0 Å². The summed E-state index contributed by atoms with van der Waals surface area (Å²) >= 11 is 2.12. The van der Waals surface area contributed by atoms with Crippen LogP contribution in [-0.2, 0) is 0 Å². The molecular formula is C12H24N2S. The Hall–Kier alpha value is 0.270. The van der Waals surface area contributed by atoms with Gasteiger partial charge in [0.2, 0.25) is 0 Å². The van der Waals surface area contributed by atoms with Crippen molar-refractivity contribution in [1.29, 1.82) is 0 Å². The van der Waals surface area contributed by atoms with Gasteiger partial charge in [0.15, 0.2) is 0 Å². The van der Waals surface area contributed by atoms with Crippen molar-refractivity contribution in [2.24, 2.45) is 5.92 Å². The monoisotopic (exact) mass is 228 g/mol. The predicted molar refractivity (Wildman–Crippen MR) is 68.5 cm³/mol. The third-order valence-electron chi connectivity index (χ3n) is 4.04. The largest absolute Gasteiger partial charge is 0.317 e. The van der Waals surface area contributed by atoms with Crippen LogP contribution in [0.15, 0.2) is 0 Å². The van der Waals surface area contributed by atoms with Gasteiger partial charge in [-0.2, -0.15) is 11.8 Å². The van der Waals surface area contributed by atoms with Gasteiger partial charge in [0, 0.05) is 17.8 Å². The Morgan fingerprint density at radius 3 is 2.73 bits per heavy atom. The molecule has 2 nitrogen and oxygen atoms in total. The number of thioether (sulfide) groups is 1. The average molecular weight is 228 g/mol. The highest BCUT2D eigenvalue weighted by Gasteiger charge is 2.36. The van der Waals surface area contributed by atoms with Gasteiger partial charge >= 0.3 is 0 Å². The summed E-state index contributed by atoms with van der Waals surface area (Å²) in [5.74, 6) is 3.65. The molecule has 15 heavy (non-hydrogen) atoms. The summed E-state index contributed by atoms with van der Waals surface area (Å²) in [6, 6.07) is 1.73. The van der Waals surface area contributed by atoms with Crippen molar-refractivity contribution in [2.75, 3.05) is 31.6 Å². The van der Waals surface area contributed by atoms with Gasteiger partial charge in [0.25, 0.3) is 0 Å². The fourth-order valence-electron chi connectivity index (χ4n) is 2.77. The van der Waals surface area contributed by atoms with Gasteiger partial charge in [-0.1, -0.05) is 6.92 Å². The SMILES string of the molecule is CCNCC1CCC1N(C)C1CCSC1. The first kappa shape index (κ1) is 11.7. The van der Waals surface area contributed by atoms with E-state index in [2.05, 4.69) is 35.9 Å². The minimum Gasteiger partial charge on any atom is -0.317 e. The maximum absolute atomic E-state index is 3.49. The molecule has 0 aromatic rings. The second-order valence-corrected chi connectivity index (χ2v) is 6.05. The lowest BCUT2D eigenvalue weighted by atomic mass is 9.78. The van der Waals surface area contributed by atoms with Gasteiger partial charge < -0.3 is 5.32 Å². The number of hydrogen-bond donors (Lipinski definition) is 1. The van der Waals surface area contributed by atoms with Crippen LogP contribution in [0.4, 0.5) is 0 Å². The van der Waals surface area contributed by atoms with Crippen LogP contribution in [0.2, 0.25) is 0 Å². The highest BCUT2D eigenvalue weighted by Crippen LogP contribution is 2.34. The number of nitrogens with one attached hydrogen (secondary N) is 1. The van der Waals surface area contributed by atoms with E-state index in [-0.39, 0.29) is 0 Å². The lowest BCUT2D eigenvalue weighted by Crippen LogP contribution is -2.52. The van der Waals surface area contributed by atoms with Gasteiger partial charge in [0.1, 0.15) is 0 Å². The van der Waals surface area contributed by atoms with E-state index in [0.717, 1.165) is 24.5 Å². The molecule has 0 amide bonds. The zero-order valence-electron chi connectivity index (χ0n) is 10.0. The summed E-state index contributed by atoms with van der Waals surface area (Å²) in [5, 5.41) is 3.49. The number of rotatable bonds is 5. The zero-order valence-corrected chi connectivity index (χ0v) is 10.9. The van der Waals surface area contributed by atoms with Crippen LogP contribution in [0.1, 0.15) is 26.2 Å². The molecule has 0 radical (unpaired) electrons. The molecule has 2 fully saturated rings. The molecule has 0 aromatic heterocycles. The second-order valence-electron chi connectivity index (χ2n) is 4.90. The van der Waals surface area contributed by atoms with Crippen LogP contribution >= 0.6 is 11.8 Å². The molecule has 3 unspecified atom stereocenters. The quantitative estimate of drug-likeness (QED) is 0.772. The normalized spacial score (nSPS) is 35.8. The van der Waals surface area contributed by atoms with E-state index in [1.54, 1.807) is 0 Å². The molecule has 1 aliphatic heterocycles. The van der Waals surface area contributed by atoms with Crippen molar-refractivity contribution >= 4 is 11.8 Å². The van der Waals surface area contributed by atoms with Gasteiger partial charge in [-0.05, 0) is 51.1 Å². The molecule has 1 heterocycles. The van der Waals surface area contributed by atoms with Crippen LogP contribution in [0.5, 0.6) is 0 Å². The van der Waals surface area contributed by atoms with Crippen LogP contribution < -0.4 is 5.32 Å². The van der Waals surface area contributed by atoms with E-state index < -0.39 is 0 Å². The molecule has 1 N–H and O–H groups in total. The first-order valence-corrected chi connectivity index (χ1v) is 7.48. The predicted octanol–water partition coefficient (Wildman–Crippen LogP) is 1.81. The first-order valence-electron chi connectivity index (χ1n) is 6.33. The maximum Gasteiger partial charge on any atom is 0.0194 e. The Balaban J connectivity index is 1.77.